The first-order chi connectivity index (χ1) is 8.43. The fraction of sp³-hybridized carbons (Fsp3) is 0.538. The lowest BCUT2D eigenvalue weighted by Crippen LogP contribution is -2.13. The van der Waals surface area contributed by atoms with Crippen molar-refractivity contribution in [3.05, 3.63) is 22.5 Å². The molecule has 0 aromatic carbocycles. The lowest BCUT2D eigenvalue weighted by molar-refractivity contribution is -0.136. The number of aliphatic carboxylic acids is 1. The highest BCUT2D eigenvalue weighted by atomic mass is 16.5. The molecule has 1 heterocycles. The molecule has 5 nitrogen and oxygen atoms in total. The second-order valence-corrected chi connectivity index (χ2v) is 4.10. The largest absolute Gasteiger partial charge is 0.481 e. The fourth-order valence-electron chi connectivity index (χ4n) is 2.28. The summed E-state index contributed by atoms with van der Waals surface area (Å²) in [6.45, 7) is 5.83. The average Bonchev–Trinajstić information content (AvgIpc) is 2.50. The van der Waals surface area contributed by atoms with Gasteiger partial charge in [-0.25, -0.2) is 4.79 Å². The van der Waals surface area contributed by atoms with Gasteiger partial charge in [0.2, 0.25) is 0 Å². The molecule has 1 aromatic heterocycles. The van der Waals surface area contributed by atoms with E-state index in [1.165, 1.54) is 0 Å². The molecule has 1 aromatic rings. The number of ether oxygens (including phenoxy) is 1. The summed E-state index contributed by atoms with van der Waals surface area (Å²) >= 11 is 0. The lowest BCUT2D eigenvalue weighted by atomic mass is 10.1. The monoisotopic (exact) mass is 253 g/mol. The molecule has 0 aliphatic carbocycles. The third-order valence-electron chi connectivity index (χ3n) is 3.04. The van der Waals surface area contributed by atoms with Crippen LogP contribution in [0.2, 0.25) is 0 Å². The van der Waals surface area contributed by atoms with Crippen molar-refractivity contribution in [2.24, 2.45) is 7.05 Å². The molecule has 0 fully saturated rings. The van der Waals surface area contributed by atoms with E-state index < -0.39 is 11.9 Å². The van der Waals surface area contributed by atoms with Crippen LogP contribution in [0, 0.1) is 6.92 Å². The lowest BCUT2D eigenvalue weighted by Gasteiger charge is -2.06. The molecule has 0 saturated carbocycles. The van der Waals surface area contributed by atoms with Gasteiger partial charge in [0.05, 0.1) is 13.0 Å². The highest BCUT2D eigenvalue weighted by Gasteiger charge is 2.23. The Kier molecular flexibility index (Phi) is 4.53. The second kappa shape index (κ2) is 5.71. The number of hydrogen-bond acceptors (Lipinski definition) is 3. The summed E-state index contributed by atoms with van der Waals surface area (Å²) in [6, 6.07) is 0. The van der Waals surface area contributed by atoms with Gasteiger partial charge < -0.3 is 14.4 Å². The molecule has 0 amide bonds. The molecule has 1 N–H and O–H groups in total. The summed E-state index contributed by atoms with van der Waals surface area (Å²) in [5.74, 6) is -1.30. The van der Waals surface area contributed by atoms with Gasteiger partial charge in [-0.3, -0.25) is 4.79 Å². The highest BCUT2D eigenvalue weighted by Crippen LogP contribution is 2.23. The summed E-state index contributed by atoms with van der Waals surface area (Å²) in [6.07, 6.45) is 0.613. The normalized spacial score (nSPS) is 10.4. The minimum Gasteiger partial charge on any atom is -0.481 e. The van der Waals surface area contributed by atoms with Gasteiger partial charge in [0.25, 0.3) is 0 Å². The van der Waals surface area contributed by atoms with Crippen molar-refractivity contribution in [1.29, 1.82) is 0 Å². The van der Waals surface area contributed by atoms with Crippen molar-refractivity contribution >= 4 is 11.9 Å². The molecule has 1 rings (SSSR count). The maximum atomic E-state index is 11.9. The van der Waals surface area contributed by atoms with Crippen molar-refractivity contribution in [3.8, 4) is 0 Å². The maximum Gasteiger partial charge on any atom is 0.355 e. The van der Waals surface area contributed by atoms with E-state index in [0.717, 1.165) is 11.1 Å². The standard InChI is InChI=1S/C13H19NO4/c1-5-9-8(3)12(13(17)18-6-2)14(4)10(9)7-11(15)16/h5-7H2,1-4H3,(H,15,16). The summed E-state index contributed by atoms with van der Waals surface area (Å²) in [4.78, 5) is 22.7. The van der Waals surface area contributed by atoms with Crippen LogP contribution in [-0.2, 0) is 29.4 Å². The van der Waals surface area contributed by atoms with Crippen LogP contribution in [-0.4, -0.2) is 28.2 Å². The Hall–Kier alpha value is -1.78. The van der Waals surface area contributed by atoms with Crippen LogP contribution in [0.3, 0.4) is 0 Å². The number of carboxylic acids is 1. The summed E-state index contributed by atoms with van der Waals surface area (Å²) in [5.41, 5.74) is 2.85. The molecule has 0 atom stereocenters. The number of carboxylic acid groups (broad SMARTS) is 1. The Balaban J connectivity index is 3.32. The number of esters is 1. The van der Waals surface area contributed by atoms with E-state index in [2.05, 4.69) is 0 Å². The van der Waals surface area contributed by atoms with Crippen LogP contribution in [0.5, 0.6) is 0 Å². The molecular formula is C13H19NO4. The summed E-state index contributed by atoms with van der Waals surface area (Å²) in [7, 11) is 1.71. The molecule has 0 unspecified atom stereocenters. The number of hydrogen-bond donors (Lipinski definition) is 1. The predicted octanol–water partition coefficient (Wildman–Crippen LogP) is 1.70. The van der Waals surface area contributed by atoms with Gasteiger partial charge in [0.1, 0.15) is 5.69 Å². The van der Waals surface area contributed by atoms with Gasteiger partial charge in [0.15, 0.2) is 0 Å². The van der Waals surface area contributed by atoms with Gasteiger partial charge in [-0.15, -0.1) is 0 Å². The highest BCUT2D eigenvalue weighted by molar-refractivity contribution is 5.90. The zero-order chi connectivity index (χ0) is 13.9. The first kappa shape index (κ1) is 14.3. The molecule has 0 saturated heterocycles. The SMILES string of the molecule is CCOC(=O)c1c(C)c(CC)c(CC(=O)O)n1C. The maximum absolute atomic E-state index is 11.9. The van der Waals surface area contributed by atoms with E-state index in [-0.39, 0.29) is 6.42 Å². The first-order valence-electron chi connectivity index (χ1n) is 5.99. The van der Waals surface area contributed by atoms with E-state index in [1.54, 1.807) is 18.5 Å². The van der Waals surface area contributed by atoms with Gasteiger partial charge in [0, 0.05) is 12.7 Å². The molecule has 0 radical (unpaired) electrons. The van der Waals surface area contributed by atoms with Crippen molar-refractivity contribution in [3.63, 3.8) is 0 Å². The molecule has 0 bridgehead atoms. The molecule has 5 heteroatoms. The van der Waals surface area contributed by atoms with Crippen LogP contribution in [0.25, 0.3) is 0 Å². The fourth-order valence-corrected chi connectivity index (χ4v) is 2.28. The Morgan fingerprint density at radius 3 is 2.39 bits per heavy atom. The van der Waals surface area contributed by atoms with E-state index in [9.17, 15) is 9.59 Å². The number of rotatable bonds is 5. The number of carbonyl (C=O) groups is 2. The Labute approximate surface area is 106 Å². The van der Waals surface area contributed by atoms with E-state index in [1.807, 2.05) is 13.8 Å². The van der Waals surface area contributed by atoms with Crippen LogP contribution in [0.4, 0.5) is 0 Å². The molecule has 100 valence electrons. The number of aromatic nitrogens is 1. The predicted molar refractivity (Wildman–Crippen MR) is 66.8 cm³/mol. The van der Waals surface area contributed by atoms with E-state index in [4.69, 9.17) is 9.84 Å². The topological polar surface area (TPSA) is 68.5 Å². The molecular weight excluding hydrogens is 234 g/mol. The smallest absolute Gasteiger partial charge is 0.355 e. The second-order valence-electron chi connectivity index (χ2n) is 4.10. The van der Waals surface area contributed by atoms with Crippen LogP contribution in [0.1, 0.15) is 41.2 Å². The first-order valence-corrected chi connectivity index (χ1v) is 5.99. The Morgan fingerprint density at radius 1 is 1.33 bits per heavy atom. The summed E-state index contributed by atoms with van der Waals surface area (Å²) < 4.78 is 6.64. The Morgan fingerprint density at radius 2 is 1.94 bits per heavy atom. The van der Waals surface area contributed by atoms with E-state index >= 15 is 0 Å². The Bertz CT molecular complexity index is 474. The van der Waals surface area contributed by atoms with Gasteiger partial charge in [-0.1, -0.05) is 6.92 Å². The van der Waals surface area contributed by atoms with E-state index in [0.29, 0.717) is 24.4 Å². The van der Waals surface area contributed by atoms with Crippen LogP contribution < -0.4 is 0 Å². The average molecular weight is 253 g/mol. The number of carbonyl (C=O) groups excluding carboxylic acids is 1. The van der Waals surface area contributed by atoms with Crippen molar-refractivity contribution in [2.75, 3.05) is 6.61 Å². The van der Waals surface area contributed by atoms with Crippen LogP contribution in [0.15, 0.2) is 0 Å². The van der Waals surface area contributed by atoms with Crippen molar-refractivity contribution < 1.29 is 19.4 Å². The molecule has 0 aliphatic rings. The quantitative estimate of drug-likeness (QED) is 0.811. The van der Waals surface area contributed by atoms with Crippen molar-refractivity contribution in [1.82, 2.24) is 4.57 Å². The van der Waals surface area contributed by atoms with Gasteiger partial charge in [-0.2, -0.15) is 0 Å². The molecule has 18 heavy (non-hydrogen) atoms. The van der Waals surface area contributed by atoms with Crippen LogP contribution >= 0.6 is 0 Å². The third kappa shape index (κ3) is 2.55. The molecule has 0 spiro atoms. The third-order valence-corrected chi connectivity index (χ3v) is 3.04. The minimum atomic E-state index is -0.902. The van der Waals surface area contributed by atoms with Gasteiger partial charge >= 0.3 is 11.9 Å². The molecule has 0 aliphatic heterocycles. The summed E-state index contributed by atoms with van der Waals surface area (Å²) in [5, 5.41) is 8.92. The minimum absolute atomic E-state index is 0.0834. The zero-order valence-corrected chi connectivity index (χ0v) is 11.2. The number of nitrogens with zero attached hydrogens (tertiary/aromatic N) is 1. The zero-order valence-electron chi connectivity index (χ0n) is 11.2. The van der Waals surface area contributed by atoms with Crippen molar-refractivity contribution in [2.45, 2.75) is 33.6 Å². The van der Waals surface area contributed by atoms with Gasteiger partial charge in [-0.05, 0) is 31.4 Å².